The second-order valence-electron chi connectivity index (χ2n) is 3.08. The summed E-state index contributed by atoms with van der Waals surface area (Å²) < 4.78 is 1.88. The Morgan fingerprint density at radius 1 is 1.54 bits per heavy atom. The molecular formula is C9H16ClN3. The van der Waals surface area contributed by atoms with E-state index in [1.165, 1.54) is 6.42 Å². The lowest BCUT2D eigenvalue weighted by Crippen LogP contribution is -2.20. The second-order valence-corrected chi connectivity index (χ2v) is 3.48. The molecule has 1 aromatic rings. The number of aromatic nitrogens is 2. The van der Waals surface area contributed by atoms with Crippen molar-refractivity contribution in [3.63, 3.8) is 0 Å². The fourth-order valence-electron chi connectivity index (χ4n) is 1.10. The summed E-state index contributed by atoms with van der Waals surface area (Å²) in [5, 5.41) is 8.31. The summed E-state index contributed by atoms with van der Waals surface area (Å²) in [4.78, 5) is 0. The molecule has 0 aliphatic heterocycles. The van der Waals surface area contributed by atoms with Gasteiger partial charge in [0, 0.05) is 12.7 Å². The number of rotatable bonds is 5. The minimum absolute atomic E-state index is 0.746. The van der Waals surface area contributed by atoms with Crippen molar-refractivity contribution in [3.05, 3.63) is 16.9 Å². The molecular weight excluding hydrogens is 186 g/mol. The van der Waals surface area contributed by atoms with Crippen LogP contribution in [-0.4, -0.2) is 22.9 Å². The van der Waals surface area contributed by atoms with Gasteiger partial charge < -0.3 is 5.32 Å². The quantitative estimate of drug-likeness (QED) is 0.737. The molecule has 4 heteroatoms. The van der Waals surface area contributed by atoms with Crippen molar-refractivity contribution in [1.29, 1.82) is 0 Å². The highest BCUT2D eigenvalue weighted by Gasteiger charge is 2.00. The molecule has 1 rings (SSSR count). The van der Waals surface area contributed by atoms with Crippen LogP contribution >= 0.6 is 11.6 Å². The average Bonchev–Trinajstić information content (AvgIpc) is 2.41. The molecule has 0 saturated heterocycles. The minimum atomic E-state index is 0.746. The highest BCUT2D eigenvalue weighted by atomic mass is 35.5. The largest absolute Gasteiger partial charge is 0.315 e. The van der Waals surface area contributed by atoms with E-state index in [4.69, 9.17) is 11.6 Å². The lowest BCUT2D eigenvalue weighted by molar-refractivity contribution is 0.551. The van der Waals surface area contributed by atoms with E-state index in [1.54, 1.807) is 0 Å². The molecule has 0 spiro atoms. The molecule has 0 aromatic carbocycles. The first-order valence-electron chi connectivity index (χ1n) is 4.64. The third-order valence-electron chi connectivity index (χ3n) is 1.83. The molecule has 1 aromatic heterocycles. The molecule has 1 N–H and O–H groups in total. The summed E-state index contributed by atoms with van der Waals surface area (Å²) in [5.74, 6) is 0. The van der Waals surface area contributed by atoms with E-state index >= 15 is 0 Å². The fourth-order valence-corrected chi connectivity index (χ4v) is 1.25. The van der Waals surface area contributed by atoms with Crippen LogP contribution in [0.2, 0.25) is 5.02 Å². The first-order chi connectivity index (χ1) is 6.24. The summed E-state index contributed by atoms with van der Waals surface area (Å²) in [7, 11) is 0. The van der Waals surface area contributed by atoms with Gasteiger partial charge in [-0.15, -0.1) is 0 Å². The van der Waals surface area contributed by atoms with Gasteiger partial charge in [0.2, 0.25) is 0 Å². The van der Waals surface area contributed by atoms with E-state index in [0.717, 1.165) is 30.4 Å². The van der Waals surface area contributed by atoms with Crippen molar-refractivity contribution in [2.24, 2.45) is 0 Å². The zero-order valence-electron chi connectivity index (χ0n) is 8.18. The van der Waals surface area contributed by atoms with Crippen LogP contribution in [0.1, 0.15) is 19.0 Å². The molecule has 13 heavy (non-hydrogen) atoms. The van der Waals surface area contributed by atoms with Crippen LogP contribution < -0.4 is 5.32 Å². The van der Waals surface area contributed by atoms with Gasteiger partial charge in [-0.3, -0.25) is 4.68 Å². The predicted octanol–water partition coefficient (Wildman–Crippen LogP) is 1.84. The van der Waals surface area contributed by atoms with E-state index in [9.17, 15) is 0 Å². The van der Waals surface area contributed by atoms with Gasteiger partial charge in [-0.2, -0.15) is 5.10 Å². The summed E-state index contributed by atoms with van der Waals surface area (Å²) in [6, 6.07) is 0. The van der Waals surface area contributed by atoms with Crippen LogP contribution in [0.3, 0.4) is 0 Å². The zero-order valence-corrected chi connectivity index (χ0v) is 8.93. The Labute approximate surface area is 84.1 Å². The number of hydrogen-bond donors (Lipinski definition) is 1. The Morgan fingerprint density at radius 3 is 2.85 bits per heavy atom. The van der Waals surface area contributed by atoms with Gasteiger partial charge >= 0.3 is 0 Å². The van der Waals surface area contributed by atoms with Crippen LogP contribution in [0.5, 0.6) is 0 Å². The van der Waals surface area contributed by atoms with Gasteiger partial charge in [0.05, 0.1) is 17.3 Å². The second kappa shape index (κ2) is 5.25. The lowest BCUT2D eigenvalue weighted by atomic mass is 10.5. The molecule has 0 bridgehead atoms. The van der Waals surface area contributed by atoms with Gasteiger partial charge in [-0.1, -0.05) is 18.5 Å². The van der Waals surface area contributed by atoms with E-state index in [0.29, 0.717) is 0 Å². The Hall–Kier alpha value is -0.540. The number of aryl methyl sites for hydroxylation is 1. The van der Waals surface area contributed by atoms with Gasteiger partial charge in [0.25, 0.3) is 0 Å². The molecule has 1 heterocycles. The van der Waals surface area contributed by atoms with Crippen molar-refractivity contribution in [3.8, 4) is 0 Å². The van der Waals surface area contributed by atoms with E-state index in [1.807, 2.05) is 17.8 Å². The monoisotopic (exact) mass is 201 g/mol. The number of halogens is 1. The Morgan fingerprint density at radius 2 is 2.31 bits per heavy atom. The Balaban J connectivity index is 2.29. The molecule has 0 saturated carbocycles. The maximum absolute atomic E-state index is 5.87. The number of nitrogens with one attached hydrogen (secondary N) is 1. The summed E-state index contributed by atoms with van der Waals surface area (Å²) in [5.41, 5.74) is 0.900. The van der Waals surface area contributed by atoms with Crippen molar-refractivity contribution < 1.29 is 0 Å². The fraction of sp³-hybridized carbons (Fsp3) is 0.667. The topological polar surface area (TPSA) is 29.9 Å². The highest BCUT2D eigenvalue weighted by molar-refractivity contribution is 6.31. The smallest absolute Gasteiger partial charge is 0.0814 e. The molecule has 0 aliphatic rings. The normalized spacial score (nSPS) is 10.7. The van der Waals surface area contributed by atoms with Crippen LogP contribution in [0.4, 0.5) is 0 Å². The highest BCUT2D eigenvalue weighted by Crippen LogP contribution is 2.11. The molecule has 3 nitrogen and oxygen atoms in total. The van der Waals surface area contributed by atoms with Gasteiger partial charge in [-0.25, -0.2) is 0 Å². The third-order valence-corrected chi connectivity index (χ3v) is 2.20. The van der Waals surface area contributed by atoms with Crippen LogP contribution in [-0.2, 0) is 6.54 Å². The summed E-state index contributed by atoms with van der Waals surface area (Å²) >= 11 is 5.87. The van der Waals surface area contributed by atoms with Crippen molar-refractivity contribution in [2.45, 2.75) is 26.8 Å². The minimum Gasteiger partial charge on any atom is -0.315 e. The van der Waals surface area contributed by atoms with Crippen molar-refractivity contribution in [2.75, 3.05) is 13.1 Å². The molecule has 0 fully saturated rings. The predicted molar refractivity (Wildman–Crippen MR) is 55.1 cm³/mol. The molecule has 74 valence electrons. The SMILES string of the molecule is CCCNCCn1cc(Cl)c(C)n1. The van der Waals surface area contributed by atoms with E-state index in [-0.39, 0.29) is 0 Å². The summed E-state index contributed by atoms with van der Waals surface area (Å²) in [6.07, 6.45) is 3.03. The molecule has 0 aliphatic carbocycles. The van der Waals surface area contributed by atoms with Gasteiger partial charge in [0.15, 0.2) is 0 Å². The van der Waals surface area contributed by atoms with Crippen molar-refractivity contribution in [1.82, 2.24) is 15.1 Å². The zero-order chi connectivity index (χ0) is 9.68. The maximum atomic E-state index is 5.87. The molecule has 0 amide bonds. The first kappa shape index (κ1) is 10.5. The molecule has 0 atom stereocenters. The van der Waals surface area contributed by atoms with Gasteiger partial charge in [-0.05, 0) is 19.9 Å². The third kappa shape index (κ3) is 3.36. The Kier molecular flexibility index (Phi) is 4.25. The van der Waals surface area contributed by atoms with E-state index < -0.39 is 0 Å². The number of nitrogens with zero attached hydrogens (tertiary/aromatic N) is 2. The standard InChI is InChI=1S/C9H16ClN3/c1-3-4-11-5-6-13-7-9(10)8(2)12-13/h7,11H,3-6H2,1-2H3. The van der Waals surface area contributed by atoms with Crippen molar-refractivity contribution >= 4 is 11.6 Å². The Bertz CT molecular complexity index is 238. The summed E-state index contributed by atoms with van der Waals surface area (Å²) in [6.45, 7) is 6.97. The lowest BCUT2D eigenvalue weighted by Gasteiger charge is -2.02. The molecule has 0 radical (unpaired) electrons. The average molecular weight is 202 g/mol. The van der Waals surface area contributed by atoms with E-state index in [2.05, 4.69) is 17.3 Å². The maximum Gasteiger partial charge on any atom is 0.0814 e. The van der Waals surface area contributed by atoms with Crippen LogP contribution in [0.25, 0.3) is 0 Å². The molecule has 0 unspecified atom stereocenters. The van der Waals surface area contributed by atoms with Gasteiger partial charge in [0.1, 0.15) is 0 Å². The number of hydrogen-bond acceptors (Lipinski definition) is 2. The van der Waals surface area contributed by atoms with Crippen LogP contribution in [0, 0.1) is 6.92 Å². The first-order valence-corrected chi connectivity index (χ1v) is 5.02. The van der Waals surface area contributed by atoms with Crippen LogP contribution in [0.15, 0.2) is 6.20 Å².